The topological polar surface area (TPSA) is 56.6 Å². The number of thiazole rings is 1. The highest BCUT2D eigenvalue weighted by Crippen LogP contribution is 2.14. The Bertz CT molecular complexity index is 317. The van der Waals surface area contributed by atoms with Gasteiger partial charge in [0.15, 0.2) is 0 Å². The molecule has 0 spiro atoms. The summed E-state index contributed by atoms with van der Waals surface area (Å²) >= 11 is 7.37. The van der Waals surface area contributed by atoms with Crippen molar-refractivity contribution in [2.45, 2.75) is 25.1 Å². The number of halogens is 1. The molecule has 0 aliphatic carbocycles. The molecule has 0 fully saturated rings. The van der Waals surface area contributed by atoms with E-state index in [1.807, 2.05) is 5.38 Å². The molecule has 0 amide bonds. The van der Waals surface area contributed by atoms with E-state index in [0.717, 1.165) is 36.5 Å². The molecule has 0 saturated heterocycles. The molecule has 2 N–H and O–H groups in total. The first-order valence-corrected chi connectivity index (χ1v) is 7.65. The number of hydrogen-bond donors (Lipinski definition) is 2. The van der Waals surface area contributed by atoms with Crippen LogP contribution in [0.25, 0.3) is 0 Å². The monoisotopic (exact) mass is 292 g/mol. The van der Waals surface area contributed by atoms with Gasteiger partial charge in [-0.3, -0.25) is 4.90 Å². The summed E-state index contributed by atoms with van der Waals surface area (Å²) < 4.78 is 0. The van der Waals surface area contributed by atoms with E-state index in [1.54, 1.807) is 11.3 Å². The average Bonchev–Trinajstić information content (AvgIpc) is 2.83. The van der Waals surface area contributed by atoms with Crippen molar-refractivity contribution in [3.8, 4) is 0 Å². The van der Waals surface area contributed by atoms with Crippen LogP contribution in [0.2, 0.25) is 0 Å². The highest BCUT2D eigenvalue weighted by Gasteiger charge is 2.04. The number of aliphatic hydroxyl groups is 2. The smallest absolute Gasteiger partial charge is 0.0928 e. The number of unbranched alkanes of at least 4 members (excludes halogenated alkanes) is 1. The van der Waals surface area contributed by atoms with E-state index >= 15 is 0 Å². The molecule has 0 unspecified atom stereocenters. The van der Waals surface area contributed by atoms with E-state index in [2.05, 4.69) is 9.88 Å². The second kappa shape index (κ2) is 9.69. The lowest BCUT2D eigenvalue weighted by atomic mass is 10.2. The van der Waals surface area contributed by atoms with Gasteiger partial charge in [-0.25, -0.2) is 4.98 Å². The fraction of sp³-hybridized carbons (Fsp3) is 0.750. The summed E-state index contributed by atoms with van der Waals surface area (Å²) in [4.78, 5) is 6.49. The van der Waals surface area contributed by atoms with Crippen LogP contribution in [0, 0.1) is 0 Å². The molecule has 0 saturated carbocycles. The summed E-state index contributed by atoms with van der Waals surface area (Å²) in [5.74, 6) is 0.483. The third-order valence-electron chi connectivity index (χ3n) is 2.68. The summed E-state index contributed by atoms with van der Waals surface area (Å²) in [5, 5.41) is 20.9. The van der Waals surface area contributed by atoms with Gasteiger partial charge in [0.25, 0.3) is 0 Å². The lowest BCUT2D eigenvalue weighted by Crippen LogP contribution is -2.30. The molecule has 0 radical (unpaired) electrons. The highest BCUT2D eigenvalue weighted by atomic mass is 35.5. The molecule has 4 nitrogen and oxygen atoms in total. The van der Waals surface area contributed by atoms with E-state index in [-0.39, 0.29) is 13.2 Å². The van der Waals surface area contributed by atoms with Crippen molar-refractivity contribution >= 4 is 22.9 Å². The number of aryl methyl sites for hydroxylation is 1. The van der Waals surface area contributed by atoms with Crippen LogP contribution in [-0.4, -0.2) is 52.9 Å². The number of alkyl halides is 1. The largest absolute Gasteiger partial charge is 0.395 e. The Morgan fingerprint density at radius 2 is 1.89 bits per heavy atom. The minimum absolute atomic E-state index is 0.144. The van der Waals surface area contributed by atoms with Crippen molar-refractivity contribution in [2.75, 3.05) is 32.8 Å². The average molecular weight is 293 g/mol. The summed E-state index contributed by atoms with van der Waals surface area (Å²) in [6, 6.07) is 0. The molecule has 1 rings (SSSR count). The Balaban J connectivity index is 2.16. The molecule has 1 heterocycles. The Hall–Kier alpha value is -0.200. The van der Waals surface area contributed by atoms with Gasteiger partial charge in [-0.15, -0.1) is 22.9 Å². The molecule has 104 valence electrons. The van der Waals surface area contributed by atoms with Gasteiger partial charge in [0.2, 0.25) is 0 Å². The zero-order valence-corrected chi connectivity index (χ0v) is 12.1. The lowest BCUT2D eigenvalue weighted by Gasteiger charge is -2.19. The van der Waals surface area contributed by atoms with Crippen LogP contribution in [0.15, 0.2) is 5.38 Å². The molecular formula is C12H21ClN2O2S. The van der Waals surface area contributed by atoms with E-state index in [1.165, 1.54) is 0 Å². The zero-order chi connectivity index (χ0) is 13.2. The van der Waals surface area contributed by atoms with Gasteiger partial charge in [0.1, 0.15) is 0 Å². The maximum atomic E-state index is 8.88. The SMILES string of the molecule is OCCN(CCO)CCCCc1nc(CCl)cs1. The number of nitrogens with zero attached hydrogens (tertiary/aromatic N) is 2. The fourth-order valence-corrected chi connectivity index (χ4v) is 2.82. The predicted molar refractivity (Wildman–Crippen MR) is 75.2 cm³/mol. The molecule has 18 heavy (non-hydrogen) atoms. The van der Waals surface area contributed by atoms with Crippen molar-refractivity contribution in [1.29, 1.82) is 0 Å². The Kier molecular flexibility index (Phi) is 8.54. The van der Waals surface area contributed by atoms with Gasteiger partial charge in [0, 0.05) is 18.5 Å². The normalized spacial score (nSPS) is 11.3. The molecule has 1 aromatic heterocycles. The molecule has 1 aromatic rings. The van der Waals surface area contributed by atoms with Gasteiger partial charge in [-0.2, -0.15) is 0 Å². The van der Waals surface area contributed by atoms with Crippen LogP contribution in [0.4, 0.5) is 0 Å². The van der Waals surface area contributed by atoms with Crippen molar-refractivity contribution in [1.82, 2.24) is 9.88 Å². The first-order chi connectivity index (χ1) is 8.80. The minimum atomic E-state index is 0.144. The van der Waals surface area contributed by atoms with Crippen LogP contribution in [0.1, 0.15) is 23.5 Å². The first kappa shape index (κ1) is 15.9. The van der Waals surface area contributed by atoms with Crippen LogP contribution in [0.5, 0.6) is 0 Å². The van der Waals surface area contributed by atoms with Gasteiger partial charge in [-0.1, -0.05) is 0 Å². The maximum absolute atomic E-state index is 8.88. The molecule has 0 bridgehead atoms. The van der Waals surface area contributed by atoms with Crippen LogP contribution >= 0.6 is 22.9 Å². The third-order valence-corrected chi connectivity index (χ3v) is 3.91. The Labute approximate surface area is 117 Å². The van der Waals surface area contributed by atoms with E-state index < -0.39 is 0 Å². The minimum Gasteiger partial charge on any atom is -0.395 e. The number of rotatable bonds is 10. The Morgan fingerprint density at radius 1 is 1.17 bits per heavy atom. The zero-order valence-electron chi connectivity index (χ0n) is 10.5. The fourth-order valence-electron chi connectivity index (χ4n) is 1.76. The summed E-state index contributed by atoms with van der Waals surface area (Å²) in [5.41, 5.74) is 0.957. The van der Waals surface area contributed by atoms with Crippen molar-refractivity contribution in [2.24, 2.45) is 0 Å². The van der Waals surface area contributed by atoms with Crippen molar-refractivity contribution < 1.29 is 10.2 Å². The van der Waals surface area contributed by atoms with Crippen LogP contribution in [0.3, 0.4) is 0 Å². The van der Waals surface area contributed by atoms with Gasteiger partial charge < -0.3 is 10.2 Å². The molecule has 0 aromatic carbocycles. The summed E-state index contributed by atoms with van der Waals surface area (Å²) in [7, 11) is 0. The number of aliphatic hydroxyl groups excluding tert-OH is 2. The molecule has 6 heteroatoms. The molecule has 0 aliphatic heterocycles. The quantitative estimate of drug-likeness (QED) is 0.507. The number of aromatic nitrogens is 1. The highest BCUT2D eigenvalue weighted by molar-refractivity contribution is 7.09. The molecular weight excluding hydrogens is 272 g/mol. The molecule has 0 atom stereocenters. The van der Waals surface area contributed by atoms with Crippen LogP contribution < -0.4 is 0 Å². The maximum Gasteiger partial charge on any atom is 0.0928 e. The second-order valence-electron chi connectivity index (χ2n) is 4.11. The van der Waals surface area contributed by atoms with Crippen molar-refractivity contribution in [3.05, 3.63) is 16.1 Å². The molecule has 0 aliphatic rings. The lowest BCUT2D eigenvalue weighted by molar-refractivity contribution is 0.159. The number of hydrogen-bond acceptors (Lipinski definition) is 5. The van der Waals surface area contributed by atoms with Gasteiger partial charge in [-0.05, 0) is 25.8 Å². The standard InChI is InChI=1S/C12H21ClN2O2S/c13-9-11-10-18-12(14-11)3-1-2-4-15(5-7-16)6-8-17/h10,16-17H,1-9H2. The van der Waals surface area contributed by atoms with E-state index in [9.17, 15) is 0 Å². The third kappa shape index (κ3) is 6.11. The van der Waals surface area contributed by atoms with E-state index in [0.29, 0.717) is 19.0 Å². The van der Waals surface area contributed by atoms with Gasteiger partial charge in [0.05, 0.1) is 29.8 Å². The van der Waals surface area contributed by atoms with Crippen LogP contribution in [-0.2, 0) is 12.3 Å². The first-order valence-electron chi connectivity index (χ1n) is 6.23. The van der Waals surface area contributed by atoms with E-state index in [4.69, 9.17) is 21.8 Å². The van der Waals surface area contributed by atoms with Gasteiger partial charge >= 0.3 is 0 Å². The Morgan fingerprint density at radius 3 is 2.44 bits per heavy atom. The van der Waals surface area contributed by atoms with Crippen molar-refractivity contribution in [3.63, 3.8) is 0 Å². The predicted octanol–water partition coefficient (Wildman–Crippen LogP) is 1.49. The summed E-state index contributed by atoms with van der Waals surface area (Å²) in [6.07, 6.45) is 3.10. The second-order valence-corrected chi connectivity index (χ2v) is 5.32. The summed E-state index contributed by atoms with van der Waals surface area (Å²) in [6.45, 7) is 2.47.